The zero-order valence-corrected chi connectivity index (χ0v) is 45.6. The minimum absolute atomic E-state index is 0.0698. The van der Waals surface area contributed by atoms with Gasteiger partial charge in [0.05, 0.1) is 0 Å². The molecule has 0 heterocycles. The molecule has 0 fully saturated rings. The molecule has 76 heavy (non-hydrogen) atoms. The van der Waals surface area contributed by atoms with Gasteiger partial charge < -0.3 is 0 Å². The Labute approximate surface area is 453 Å². The topological polar surface area (TPSA) is 0 Å². The van der Waals surface area contributed by atoms with Gasteiger partial charge in [-0.2, -0.15) is 0 Å². The zero-order chi connectivity index (χ0) is 52.7. The highest BCUT2D eigenvalue weighted by atomic mass is 14.5. The van der Waals surface area contributed by atoms with Crippen LogP contribution in [0.15, 0.2) is 259 Å². The van der Waals surface area contributed by atoms with E-state index in [4.69, 9.17) is 0 Å². The maximum Gasteiger partial charge on any atom is 0.0222 e. The molecular formula is C76H70. The predicted octanol–water partition coefficient (Wildman–Crippen LogP) is 20.9. The van der Waals surface area contributed by atoms with Gasteiger partial charge in [-0.25, -0.2) is 0 Å². The number of benzene rings is 6. The van der Waals surface area contributed by atoms with E-state index < -0.39 is 0 Å². The van der Waals surface area contributed by atoms with Gasteiger partial charge in [-0.15, -0.1) is 0 Å². The first-order chi connectivity index (χ1) is 37.0. The van der Waals surface area contributed by atoms with Crippen LogP contribution in [-0.4, -0.2) is 0 Å². The highest BCUT2D eigenvalue weighted by molar-refractivity contribution is 6.10. The van der Waals surface area contributed by atoms with Crippen LogP contribution in [0.2, 0.25) is 0 Å². The molecule has 0 saturated carbocycles. The monoisotopic (exact) mass is 983 g/mol. The van der Waals surface area contributed by atoms with Gasteiger partial charge in [0.1, 0.15) is 0 Å². The van der Waals surface area contributed by atoms with Crippen LogP contribution in [0.4, 0.5) is 0 Å². The third-order valence-corrected chi connectivity index (χ3v) is 17.3. The zero-order valence-electron chi connectivity index (χ0n) is 45.6. The first kappa shape index (κ1) is 50.1. The Morgan fingerprint density at radius 2 is 1.26 bits per heavy atom. The van der Waals surface area contributed by atoms with Crippen LogP contribution >= 0.6 is 0 Å². The summed E-state index contributed by atoms with van der Waals surface area (Å²) in [4.78, 5) is 0. The van der Waals surface area contributed by atoms with Crippen molar-refractivity contribution in [3.05, 3.63) is 292 Å². The maximum absolute atomic E-state index is 4.15. The second kappa shape index (κ2) is 20.9. The summed E-state index contributed by atoms with van der Waals surface area (Å²) in [5.74, 6) is 0.888. The number of rotatable bonds is 11. The second-order valence-electron chi connectivity index (χ2n) is 21.9. The summed E-state index contributed by atoms with van der Waals surface area (Å²) in [6.07, 6.45) is 48.4. The third kappa shape index (κ3) is 8.68. The normalized spacial score (nSPS) is 20.1. The van der Waals surface area contributed by atoms with Gasteiger partial charge in [0.25, 0.3) is 0 Å². The largest absolute Gasteiger partial charge is 0.0991 e. The van der Waals surface area contributed by atoms with Crippen molar-refractivity contribution in [3.63, 3.8) is 0 Å². The van der Waals surface area contributed by atoms with E-state index in [0.29, 0.717) is 11.8 Å². The minimum atomic E-state index is 0.0698. The Bertz CT molecular complexity index is 3800. The number of fused-ring (bicyclic) bond motifs is 4. The number of hydrogen-bond acceptors (Lipinski definition) is 0. The van der Waals surface area contributed by atoms with E-state index in [1.54, 1.807) is 11.1 Å². The molecule has 0 heteroatoms. The Hall–Kier alpha value is -8.06. The van der Waals surface area contributed by atoms with E-state index in [1.165, 1.54) is 122 Å². The van der Waals surface area contributed by atoms with Gasteiger partial charge in [0, 0.05) is 5.92 Å². The molecule has 6 aromatic carbocycles. The highest BCUT2D eigenvalue weighted by Gasteiger charge is 2.44. The molecule has 3 atom stereocenters. The van der Waals surface area contributed by atoms with Crippen LogP contribution in [0.5, 0.6) is 0 Å². The first-order valence-corrected chi connectivity index (χ1v) is 27.6. The van der Waals surface area contributed by atoms with Crippen LogP contribution < -0.4 is 0 Å². The lowest BCUT2D eigenvalue weighted by Gasteiger charge is -2.32. The predicted molar refractivity (Wildman–Crippen MR) is 332 cm³/mol. The molecule has 5 aliphatic rings. The van der Waals surface area contributed by atoms with Crippen LogP contribution in [0.3, 0.4) is 0 Å². The lowest BCUT2D eigenvalue weighted by Crippen LogP contribution is -2.24. The van der Waals surface area contributed by atoms with Crippen molar-refractivity contribution in [2.24, 2.45) is 23.2 Å². The van der Waals surface area contributed by atoms with Crippen molar-refractivity contribution in [2.45, 2.75) is 67.7 Å². The van der Waals surface area contributed by atoms with Crippen LogP contribution in [0.25, 0.3) is 72.7 Å². The van der Waals surface area contributed by atoms with Gasteiger partial charge in [0.2, 0.25) is 0 Å². The van der Waals surface area contributed by atoms with E-state index in [-0.39, 0.29) is 11.3 Å². The molecular weight excluding hydrogens is 913 g/mol. The Kier molecular flexibility index (Phi) is 13.8. The van der Waals surface area contributed by atoms with E-state index in [9.17, 15) is 0 Å². The van der Waals surface area contributed by atoms with E-state index >= 15 is 0 Å². The van der Waals surface area contributed by atoms with E-state index in [0.717, 1.165) is 19.3 Å². The minimum Gasteiger partial charge on any atom is -0.0991 e. The smallest absolute Gasteiger partial charge is 0.0222 e. The fraction of sp³-hybridized carbons (Fsp3) is 0.184. The lowest BCUT2D eigenvalue weighted by molar-refractivity contribution is 0.297. The van der Waals surface area contributed by atoms with Gasteiger partial charge in [0.15, 0.2) is 0 Å². The average molecular weight is 983 g/mol. The molecule has 374 valence electrons. The molecule has 2 bridgehead atoms. The summed E-state index contributed by atoms with van der Waals surface area (Å²) >= 11 is 0. The fourth-order valence-corrected chi connectivity index (χ4v) is 13.7. The summed E-state index contributed by atoms with van der Waals surface area (Å²) < 4.78 is 0. The van der Waals surface area contributed by atoms with Crippen molar-refractivity contribution in [2.75, 3.05) is 0 Å². The molecule has 0 saturated heterocycles. The number of hydrogen-bond donors (Lipinski definition) is 0. The Balaban J connectivity index is 1.03. The van der Waals surface area contributed by atoms with Gasteiger partial charge in [-0.3, -0.25) is 0 Å². The number of allylic oxidation sites excluding steroid dienone is 26. The van der Waals surface area contributed by atoms with Gasteiger partial charge in [-0.1, -0.05) is 258 Å². The van der Waals surface area contributed by atoms with Crippen molar-refractivity contribution < 1.29 is 0 Å². The molecule has 0 spiro atoms. The summed E-state index contributed by atoms with van der Waals surface area (Å²) in [6, 6.07) is 36.6. The lowest BCUT2D eigenvalue weighted by atomic mass is 9.72. The van der Waals surface area contributed by atoms with Crippen LogP contribution in [-0.2, 0) is 6.42 Å². The molecule has 0 aromatic heterocycles. The number of aryl methyl sites for hydroxylation is 1. The Morgan fingerprint density at radius 1 is 0.645 bits per heavy atom. The van der Waals surface area contributed by atoms with Crippen molar-refractivity contribution in [3.8, 4) is 33.4 Å². The molecule has 0 aliphatic heterocycles. The highest BCUT2D eigenvalue weighted by Crippen LogP contribution is 2.56. The van der Waals surface area contributed by atoms with E-state index in [2.05, 4.69) is 268 Å². The second-order valence-corrected chi connectivity index (χ2v) is 21.9. The summed E-state index contributed by atoms with van der Waals surface area (Å²) in [5, 5.41) is 5.08. The average Bonchev–Trinajstić information content (AvgIpc) is 3.82. The van der Waals surface area contributed by atoms with Crippen molar-refractivity contribution in [1.29, 1.82) is 0 Å². The third-order valence-electron chi connectivity index (χ3n) is 17.3. The first-order valence-electron chi connectivity index (χ1n) is 27.6. The Morgan fingerprint density at radius 3 is 1.95 bits per heavy atom. The quantitative estimate of drug-likeness (QED) is 0.114. The molecule has 5 aliphatic carbocycles. The SMILES string of the molecule is C=C/C=C\C1=C(C(/C=C\C)=C/C2C(C)C3=C(CCC=C3)C2(C)C)C2C=CC=CC(=C2)C(c2ccc(-c3c(C)c(/C=C\C=C)c(-c4ccc(-c5c6c(c(C)c7ccccc57)CC=CC=C6)cc4)c4ccccc34)cc2)=C1C. The maximum atomic E-state index is 4.15. The fourth-order valence-electron chi connectivity index (χ4n) is 13.7. The van der Waals surface area contributed by atoms with Gasteiger partial charge >= 0.3 is 0 Å². The van der Waals surface area contributed by atoms with Gasteiger partial charge in [-0.05, 0) is 192 Å². The molecule has 0 nitrogen and oxygen atoms in total. The van der Waals surface area contributed by atoms with Crippen LogP contribution in [0.1, 0.15) is 80.8 Å². The standard InChI is InChI=1S/C76H70/c1-10-13-29-63-51(6)71(58-27-18-19-28-59(47-58)73(63)57(26-12-3)48-70-50(5)62-33-24-25-38-69(62)76(70,8)9)53-39-41-54(42-40-53)72-52(7)64(30-14-11-2)74(68-37-23-22-36-67(68)72)55-43-45-56(46-44-55)75-65-34-17-15-16-31-60(65)49(4)61-32-20-21-35-66(61)75/h10-24,26-30,32-37,39-48,50,59,70H,1-2,25,31,38H2,3-9H3/b26-12-,29-13-,30-14-,57-48+. The summed E-state index contributed by atoms with van der Waals surface area (Å²) in [5.41, 5.74) is 26.0. The van der Waals surface area contributed by atoms with Crippen molar-refractivity contribution >= 4 is 39.3 Å². The molecule has 6 aromatic rings. The van der Waals surface area contributed by atoms with E-state index in [1.807, 2.05) is 12.2 Å². The van der Waals surface area contributed by atoms with Crippen LogP contribution in [0, 0.1) is 37.0 Å². The summed E-state index contributed by atoms with van der Waals surface area (Å²) in [6.45, 7) is 24.7. The molecule has 3 unspecified atom stereocenters. The molecule has 0 amide bonds. The molecule has 11 rings (SSSR count). The molecule has 0 N–H and O–H groups in total. The molecule has 0 radical (unpaired) electrons. The summed E-state index contributed by atoms with van der Waals surface area (Å²) in [7, 11) is 0. The van der Waals surface area contributed by atoms with Crippen molar-refractivity contribution in [1.82, 2.24) is 0 Å².